The number of β-amino-alcohol motifs (C(OH)–C–C–N with tert-alkyl or cyclic N) is 2. The lowest BCUT2D eigenvalue weighted by molar-refractivity contribution is -0.0639. The van der Waals surface area contributed by atoms with Gasteiger partial charge in [0.15, 0.2) is 0 Å². The molecule has 2 atom stereocenters. The highest BCUT2D eigenvalue weighted by Crippen LogP contribution is 2.32. The number of aliphatic hydroxyl groups is 2. The molecule has 0 spiro atoms. The lowest BCUT2D eigenvalue weighted by Gasteiger charge is -2.37. The molecular weight excluding hydrogens is 416 g/mol. The van der Waals surface area contributed by atoms with Crippen LogP contribution in [0.3, 0.4) is 0 Å². The number of aliphatic hydroxyl groups excluding tert-OH is 1. The van der Waals surface area contributed by atoms with Gasteiger partial charge in [-0.3, -0.25) is 0 Å². The first-order valence-corrected chi connectivity index (χ1v) is 12.1. The molecule has 1 aromatic heterocycles. The molecule has 2 aliphatic rings. The second-order valence-corrected chi connectivity index (χ2v) is 10.4. The Morgan fingerprint density at radius 3 is 2.58 bits per heavy atom. The minimum Gasteiger partial charge on any atom is -0.389 e. The Kier molecular flexibility index (Phi) is 6.32. The highest BCUT2D eigenvalue weighted by atomic mass is 32.2. The maximum Gasteiger partial charge on any atom is 0.243 e. The van der Waals surface area contributed by atoms with Crippen molar-refractivity contribution in [2.24, 2.45) is 0 Å². The lowest BCUT2D eigenvalue weighted by Crippen LogP contribution is -2.53. The van der Waals surface area contributed by atoms with Crippen molar-refractivity contribution in [3.8, 4) is 0 Å². The fraction of sp³-hybridized carbons (Fsp3) is 0.500. The smallest absolute Gasteiger partial charge is 0.243 e. The zero-order chi connectivity index (χ0) is 22.1. The van der Waals surface area contributed by atoms with Gasteiger partial charge < -0.3 is 20.4 Å². The van der Waals surface area contributed by atoms with E-state index in [-0.39, 0.29) is 24.5 Å². The fourth-order valence-corrected chi connectivity index (χ4v) is 6.10. The highest BCUT2D eigenvalue weighted by Gasteiger charge is 2.49. The zero-order valence-electron chi connectivity index (χ0n) is 17.7. The van der Waals surface area contributed by atoms with Crippen LogP contribution in [-0.4, -0.2) is 84.3 Å². The van der Waals surface area contributed by atoms with Gasteiger partial charge in [0.25, 0.3) is 0 Å². The number of nitrogens with one attached hydrogen (secondary N) is 1. The van der Waals surface area contributed by atoms with E-state index in [0.717, 1.165) is 31.7 Å². The number of hydrogen-bond donors (Lipinski definition) is 3. The molecule has 0 amide bonds. The number of anilines is 1. The van der Waals surface area contributed by atoms with E-state index in [1.54, 1.807) is 18.2 Å². The molecule has 2 aliphatic heterocycles. The monoisotopic (exact) mass is 446 g/mol. The number of nitrogens with zero attached hydrogens (tertiary/aromatic N) is 3. The van der Waals surface area contributed by atoms with Crippen LogP contribution in [0.4, 0.5) is 5.82 Å². The number of hydrogen-bond acceptors (Lipinski definition) is 7. The van der Waals surface area contributed by atoms with Gasteiger partial charge in [-0.25, -0.2) is 13.4 Å². The molecule has 2 aromatic rings. The molecule has 0 aliphatic carbocycles. The van der Waals surface area contributed by atoms with E-state index in [2.05, 4.69) is 21.3 Å². The van der Waals surface area contributed by atoms with Crippen LogP contribution in [0.15, 0.2) is 53.6 Å². The largest absolute Gasteiger partial charge is 0.389 e. The summed E-state index contributed by atoms with van der Waals surface area (Å²) in [7, 11) is -1.90. The van der Waals surface area contributed by atoms with Crippen LogP contribution in [0.25, 0.3) is 0 Å². The average molecular weight is 447 g/mol. The predicted octanol–water partition coefficient (Wildman–Crippen LogP) is 1.10. The number of benzene rings is 1. The number of rotatable bonds is 6. The highest BCUT2D eigenvalue weighted by molar-refractivity contribution is 7.89. The number of sulfonamides is 1. The zero-order valence-corrected chi connectivity index (χ0v) is 18.5. The minimum atomic E-state index is -3.75. The van der Waals surface area contributed by atoms with E-state index in [9.17, 15) is 18.6 Å². The van der Waals surface area contributed by atoms with Crippen molar-refractivity contribution >= 4 is 15.8 Å². The molecule has 9 heteroatoms. The summed E-state index contributed by atoms with van der Waals surface area (Å²) in [6.07, 6.45) is 2.56. The van der Waals surface area contributed by atoms with Crippen LogP contribution in [0.2, 0.25) is 0 Å². The van der Waals surface area contributed by atoms with Crippen LogP contribution in [0.5, 0.6) is 0 Å². The van der Waals surface area contributed by atoms with Gasteiger partial charge in [0, 0.05) is 32.9 Å². The second kappa shape index (κ2) is 8.84. The summed E-state index contributed by atoms with van der Waals surface area (Å²) in [4.78, 5) is 6.56. The van der Waals surface area contributed by atoms with Crippen LogP contribution in [0.1, 0.15) is 24.3 Å². The summed E-state index contributed by atoms with van der Waals surface area (Å²) >= 11 is 0. The summed E-state index contributed by atoms with van der Waals surface area (Å²) in [5, 5.41) is 24.7. The van der Waals surface area contributed by atoms with E-state index < -0.39 is 21.7 Å². The number of pyridine rings is 1. The van der Waals surface area contributed by atoms with Crippen molar-refractivity contribution in [1.29, 1.82) is 0 Å². The summed E-state index contributed by atoms with van der Waals surface area (Å²) in [5.41, 5.74) is -0.233. The molecule has 0 radical (unpaired) electrons. The number of aromatic nitrogens is 1. The van der Waals surface area contributed by atoms with Crippen molar-refractivity contribution < 1.29 is 18.6 Å². The van der Waals surface area contributed by atoms with Gasteiger partial charge in [0.1, 0.15) is 11.4 Å². The van der Waals surface area contributed by atoms with Gasteiger partial charge in [-0.1, -0.05) is 18.2 Å². The van der Waals surface area contributed by atoms with Crippen molar-refractivity contribution in [3.63, 3.8) is 0 Å². The quantitative estimate of drug-likeness (QED) is 0.610. The molecule has 3 heterocycles. The Balaban J connectivity index is 1.38. The lowest BCUT2D eigenvalue weighted by atomic mass is 9.89. The first-order valence-electron chi connectivity index (χ1n) is 10.6. The van der Waals surface area contributed by atoms with E-state index in [0.29, 0.717) is 5.92 Å². The third-order valence-corrected chi connectivity index (χ3v) is 8.25. The first-order chi connectivity index (χ1) is 14.8. The minimum absolute atomic E-state index is 0.103. The Hall–Kier alpha value is -2.04. The van der Waals surface area contributed by atoms with E-state index in [1.165, 1.54) is 22.0 Å². The molecule has 2 fully saturated rings. The summed E-state index contributed by atoms with van der Waals surface area (Å²) in [6, 6.07) is 12.3. The molecule has 3 N–H and O–H groups in total. The SMILES string of the molecule is CNc1cc(C2CCN(C[C@]3(O)CN(S(=O)(=O)c4ccccc4)C[C@H]3O)CC2)ccn1. The molecule has 0 bridgehead atoms. The predicted molar refractivity (Wildman–Crippen MR) is 118 cm³/mol. The third kappa shape index (κ3) is 4.61. The Bertz CT molecular complexity index is 996. The standard InChI is InChI=1S/C22H30N4O4S/c1-23-21-13-18(7-10-24-21)17-8-11-25(12-9-17)15-22(28)16-26(14-20(22)27)31(29,30)19-5-3-2-4-6-19/h2-7,10,13,17,20,27-28H,8-9,11-12,14-16H2,1H3,(H,23,24)/t20-,22+/m1/s1. The third-order valence-electron chi connectivity index (χ3n) is 6.42. The van der Waals surface area contributed by atoms with Crippen LogP contribution in [0, 0.1) is 0 Å². The summed E-state index contributed by atoms with van der Waals surface area (Å²) < 4.78 is 27.0. The average Bonchev–Trinajstić information content (AvgIpc) is 3.09. The van der Waals surface area contributed by atoms with Crippen LogP contribution < -0.4 is 5.32 Å². The summed E-state index contributed by atoms with van der Waals surface area (Å²) in [5.74, 6) is 1.27. The molecular formula is C22H30N4O4S. The van der Waals surface area contributed by atoms with Crippen LogP contribution in [-0.2, 0) is 10.0 Å². The Labute approximate surface area is 183 Å². The molecule has 0 saturated carbocycles. The van der Waals surface area contributed by atoms with Gasteiger partial charge in [-0.05, 0) is 61.7 Å². The number of piperidine rings is 1. The maximum absolute atomic E-state index is 12.9. The topological polar surface area (TPSA) is 106 Å². The molecule has 1 aromatic carbocycles. The molecule has 2 saturated heterocycles. The van der Waals surface area contributed by atoms with Gasteiger partial charge in [-0.2, -0.15) is 4.31 Å². The van der Waals surface area contributed by atoms with Crippen molar-refractivity contribution in [1.82, 2.24) is 14.2 Å². The van der Waals surface area contributed by atoms with Crippen LogP contribution >= 0.6 is 0 Å². The van der Waals surface area contributed by atoms with Crippen molar-refractivity contribution in [2.75, 3.05) is 45.1 Å². The van der Waals surface area contributed by atoms with Crippen molar-refractivity contribution in [2.45, 2.75) is 35.4 Å². The van der Waals surface area contributed by atoms with E-state index in [4.69, 9.17) is 0 Å². The summed E-state index contributed by atoms with van der Waals surface area (Å²) in [6.45, 7) is 1.60. The normalized spacial score (nSPS) is 26.2. The maximum atomic E-state index is 12.9. The van der Waals surface area contributed by atoms with Crippen molar-refractivity contribution in [3.05, 3.63) is 54.2 Å². The van der Waals surface area contributed by atoms with Gasteiger partial charge >= 0.3 is 0 Å². The number of likely N-dealkylation sites (tertiary alicyclic amines) is 1. The molecule has 4 rings (SSSR count). The van der Waals surface area contributed by atoms with Gasteiger partial charge in [0.05, 0.1) is 11.0 Å². The Morgan fingerprint density at radius 2 is 1.90 bits per heavy atom. The second-order valence-electron chi connectivity index (χ2n) is 8.50. The molecule has 31 heavy (non-hydrogen) atoms. The molecule has 0 unspecified atom stereocenters. The molecule has 168 valence electrons. The Morgan fingerprint density at radius 1 is 1.19 bits per heavy atom. The van der Waals surface area contributed by atoms with E-state index in [1.807, 2.05) is 19.3 Å². The van der Waals surface area contributed by atoms with Gasteiger partial charge in [0.2, 0.25) is 10.0 Å². The molecule has 8 nitrogen and oxygen atoms in total. The fourth-order valence-electron chi connectivity index (χ4n) is 4.57. The van der Waals surface area contributed by atoms with Gasteiger partial charge in [-0.15, -0.1) is 0 Å². The van der Waals surface area contributed by atoms with E-state index >= 15 is 0 Å². The first kappa shape index (κ1) is 22.2.